The summed E-state index contributed by atoms with van der Waals surface area (Å²) in [5.41, 5.74) is 0. The lowest BCUT2D eigenvalue weighted by molar-refractivity contribution is -0.159. The van der Waals surface area contributed by atoms with Crippen molar-refractivity contribution in [2.24, 2.45) is 17.8 Å². The Morgan fingerprint density at radius 1 is 1.35 bits per heavy atom. The van der Waals surface area contributed by atoms with E-state index in [2.05, 4.69) is 36.7 Å². The molecule has 0 unspecified atom stereocenters. The second-order valence-electron chi connectivity index (χ2n) is 6.53. The summed E-state index contributed by atoms with van der Waals surface area (Å²) in [5.74, 6) is 0.246. The van der Waals surface area contributed by atoms with Crippen molar-refractivity contribution in [3.05, 3.63) is 22.6 Å². The van der Waals surface area contributed by atoms with Crippen molar-refractivity contribution in [1.82, 2.24) is 0 Å². The number of ether oxygens (including phenoxy) is 2. The van der Waals surface area contributed by atoms with Crippen molar-refractivity contribution in [1.29, 1.82) is 0 Å². The lowest BCUT2D eigenvalue weighted by Crippen LogP contribution is -2.36. The molecule has 1 aliphatic carbocycles. The summed E-state index contributed by atoms with van der Waals surface area (Å²) in [6.07, 6.45) is 3.01. The van der Waals surface area contributed by atoms with E-state index in [4.69, 9.17) is 13.9 Å². The van der Waals surface area contributed by atoms with Gasteiger partial charge in [-0.05, 0) is 58.7 Å². The number of carbonyl (C=O) groups excluding carboxylic acids is 2. The van der Waals surface area contributed by atoms with Crippen LogP contribution in [0.25, 0.3) is 0 Å². The summed E-state index contributed by atoms with van der Waals surface area (Å²) >= 11 is 3.11. The lowest BCUT2D eigenvalue weighted by atomic mass is 9.75. The predicted molar refractivity (Wildman–Crippen MR) is 87.9 cm³/mol. The van der Waals surface area contributed by atoms with Crippen LogP contribution in [0.2, 0.25) is 0 Å². The second-order valence-corrected chi connectivity index (χ2v) is 7.32. The van der Waals surface area contributed by atoms with Gasteiger partial charge < -0.3 is 13.9 Å². The maximum Gasteiger partial charge on any atom is 0.374 e. The van der Waals surface area contributed by atoms with E-state index in [0.717, 1.165) is 12.8 Å². The van der Waals surface area contributed by atoms with Crippen molar-refractivity contribution in [3.63, 3.8) is 0 Å². The fraction of sp³-hybridized carbons (Fsp3) is 0.647. The van der Waals surface area contributed by atoms with E-state index in [1.54, 1.807) is 6.07 Å². The summed E-state index contributed by atoms with van der Waals surface area (Å²) in [6.45, 7) is 6.07. The first-order chi connectivity index (χ1) is 10.9. The standard InChI is InChI=1S/C17H23BrO5/c1-10(2)12-5-4-11(3)8-14(12)23-16(19)9-21-17(20)13-6-7-15(18)22-13/h6-7,10-12,14H,4-5,8-9H2,1-3H3/t11-,12-,14-/m1/s1. The smallest absolute Gasteiger partial charge is 0.374 e. The summed E-state index contributed by atoms with van der Waals surface area (Å²) in [6, 6.07) is 3.07. The number of rotatable bonds is 5. The van der Waals surface area contributed by atoms with Gasteiger partial charge in [0.05, 0.1) is 0 Å². The van der Waals surface area contributed by atoms with Crippen molar-refractivity contribution >= 4 is 27.9 Å². The van der Waals surface area contributed by atoms with Crippen LogP contribution in [0.5, 0.6) is 0 Å². The van der Waals surface area contributed by atoms with E-state index in [0.29, 0.717) is 22.4 Å². The molecule has 1 aromatic heterocycles. The minimum Gasteiger partial charge on any atom is -0.460 e. The third kappa shape index (κ3) is 5.09. The summed E-state index contributed by atoms with van der Waals surface area (Å²) in [7, 11) is 0. The van der Waals surface area contributed by atoms with Gasteiger partial charge in [0.25, 0.3) is 0 Å². The van der Waals surface area contributed by atoms with E-state index in [1.165, 1.54) is 12.5 Å². The minimum atomic E-state index is -0.676. The maximum atomic E-state index is 12.0. The van der Waals surface area contributed by atoms with E-state index >= 15 is 0 Å². The van der Waals surface area contributed by atoms with Gasteiger partial charge in [-0.25, -0.2) is 9.59 Å². The molecule has 0 aliphatic heterocycles. The van der Waals surface area contributed by atoms with E-state index in [1.807, 2.05) is 0 Å². The quantitative estimate of drug-likeness (QED) is 0.709. The Kier molecular flexibility index (Phi) is 6.27. The van der Waals surface area contributed by atoms with Crippen LogP contribution < -0.4 is 0 Å². The summed E-state index contributed by atoms with van der Waals surface area (Å²) < 4.78 is 16.0. The van der Waals surface area contributed by atoms with Crippen LogP contribution in [0.4, 0.5) is 0 Å². The molecule has 1 aromatic rings. The Hall–Kier alpha value is -1.30. The van der Waals surface area contributed by atoms with Crippen LogP contribution in [-0.4, -0.2) is 24.6 Å². The van der Waals surface area contributed by atoms with Gasteiger partial charge in [-0.15, -0.1) is 0 Å². The summed E-state index contributed by atoms with van der Waals surface area (Å²) in [5, 5.41) is 0. The van der Waals surface area contributed by atoms with Gasteiger partial charge in [-0.1, -0.05) is 27.2 Å². The van der Waals surface area contributed by atoms with Crippen LogP contribution >= 0.6 is 15.9 Å². The first-order valence-corrected chi connectivity index (χ1v) is 8.78. The van der Waals surface area contributed by atoms with Crippen molar-refractivity contribution < 1.29 is 23.5 Å². The first kappa shape index (κ1) is 18.0. The molecule has 0 aromatic carbocycles. The normalized spacial score (nSPS) is 24.5. The van der Waals surface area contributed by atoms with Gasteiger partial charge in [-0.3, -0.25) is 0 Å². The molecule has 0 amide bonds. The van der Waals surface area contributed by atoms with Gasteiger partial charge >= 0.3 is 11.9 Å². The molecule has 1 heterocycles. The van der Waals surface area contributed by atoms with Crippen molar-refractivity contribution in [3.8, 4) is 0 Å². The SMILES string of the molecule is CC(C)[C@H]1CC[C@@H](C)C[C@H]1OC(=O)COC(=O)c1ccc(Br)o1. The van der Waals surface area contributed by atoms with E-state index in [-0.39, 0.29) is 11.9 Å². The highest BCUT2D eigenvalue weighted by Gasteiger charge is 2.33. The van der Waals surface area contributed by atoms with E-state index < -0.39 is 18.5 Å². The van der Waals surface area contributed by atoms with Crippen LogP contribution in [-0.2, 0) is 14.3 Å². The topological polar surface area (TPSA) is 65.7 Å². The molecule has 0 N–H and O–H groups in total. The highest BCUT2D eigenvalue weighted by molar-refractivity contribution is 9.10. The number of hydrogen-bond acceptors (Lipinski definition) is 5. The molecule has 0 saturated heterocycles. The molecule has 128 valence electrons. The second kappa shape index (κ2) is 7.99. The minimum absolute atomic E-state index is 0.0519. The molecule has 0 bridgehead atoms. The fourth-order valence-electron chi connectivity index (χ4n) is 3.07. The van der Waals surface area contributed by atoms with Gasteiger partial charge in [-0.2, -0.15) is 0 Å². The average Bonchev–Trinajstić information content (AvgIpc) is 2.91. The van der Waals surface area contributed by atoms with Crippen LogP contribution in [0.15, 0.2) is 21.2 Å². The molecule has 0 radical (unpaired) electrons. The molecule has 3 atom stereocenters. The largest absolute Gasteiger partial charge is 0.460 e. The molecule has 1 saturated carbocycles. The zero-order valence-electron chi connectivity index (χ0n) is 13.7. The zero-order chi connectivity index (χ0) is 17.0. The monoisotopic (exact) mass is 386 g/mol. The molecule has 0 spiro atoms. The lowest BCUT2D eigenvalue weighted by Gasteiger charge is -2.36. The number of esters is 2. The Labute approximate surface area is 144 Å². The molecular formula is C17H23BrO5. The average molecular weight is 387 g/mol. The summed E-state index contributed by atoms with van der Waals surface area (Å²) in [4.78, 5) is 23.7. The van der Waals surface area contributed by atoms with Crippen molar-refractivity contribution in [2.75, 3.05) is 6.61 Å². The van der Waals surface area contributed by atoms with Crippen LogP contribution in [0, 0.1) is 17.8 Å². The van der Waals surface area contributed by atoms with Gasteiger partial charge in [0.15, 0.2) is 11.3 Å². The third-order valence-corrected chi connectivity index (χ3v) is 4.77. The Morgan fingerprint density at radius 3 is 2.70 bits per heavy atom. The number of furan rings is 1. The number of hydrogen-bond donors (Lipinski definition) is 0. The van der Waals surface area contributed by atoms with Crippen LogP contribution in [0.1, 0.15) is 50.6 Å². The Balaban J connectivity index is 1.84. The fourth-order valence-corrected chi connectivity index (χ4v) is 3.38. The molecular weight excluding hydrogens is 364 g/mol. The van der Waals surface area contributed by atoms with Gasteiger partial charge in [0.1, 0.15) is 6.10 Å². The highest BCUT2D eigenvalue weighted by Crippen LogP contribution is 2.35. The molecule has 1 fully saturated rings. The first-order valence-electron chi connectivity index (χ1n) is 7.98. The predicted octanol–water partition coefficient (Wildman–Crippen LogP) is 4.20. The third-order valence-electron chi connectivity index (χ3n) is 4.34. The highest BCUT2D eigenvalue weighted by atomic mass is 79.9. The number of halogens is 1. The van der Waals surface area contributed by atoms with E-state index in [9.17, 15) is 9.59 Å². The van der Waals surface area contributed by atoms with Gasteiger partial charge in [0.2, 0.25) is 5.76 Å². The molecule has 1 aliphatic rings. The zero-order valence-corrected chi connectivity index (χ0v) is 15.3. The van der Waals surface area contributed by atoms with Crippen molar-refractivity contribution in [2.45, 2.75) is 46.1 Å². The Morgan fingerprint density at radius 2 is 2.09 bits per heavy atom. The molecule has 6 heteroatoms. The maximum absolute atomic E-state index is 12.0. The number of carbonyl (C=O) groups is 2. The molecule has 23 heavy (non-hydrogen) atoms. The molecule has 5 nitrogen and oxygen atoms in total. The Bertz CT molecular complexity index is 551. The van der Waals surface area contributed by atoms with Gasteiger partial charge in [0, 0.05) is 0 Å². The van der Waals surface area contributed by atoms with Crippen LogP contribution in [0.3, 0.4) is 0 Å². The molecule has 2 rings (SSSR count).